The fraction of sp³-hybridized carbons (Fsp3) is 0.259. The van der Waals surface area contributed by atoms with E-state index >= 15 is 0 Å². The fourth-order valence-corrected chi connectivity index (χ4v) is 5.03. The monoisotopic (exact) mass is 466 g/mol. The molecule has 6 nitrogen and oxygen atoms in total. The summed E-state index contributed by atoms with van der Waals surface area (Å²) in [6.07, 6.45) is 11.5. The summed E-state index contributed by atoms with van der Waals surface area (Å²) in [6.45, 7) is 4.86. The third-order valence-electron chi connectivity index (χ3n) is 6.40. The summed E-state index contributed by atoms with van der Waals surface area (Å²) in [5.41, 5.74) is 4.55. The zero-order chi connectivity index (χ0) is 23.7. The average Bonchev–Trinajstić information content (AvgIpc) is 3.48. The average molecular weight is 467 g/mol. The van der Waals surface area contributed by atoms with Gasteiger partial charge in [0.15, 0.2) is 11.6 Å². The van der Waals surface area contributed by atoms with Gasteiger partial charge in [-0.05, 0) is 80.0 Å². The molecule has 0 aliphatic carbocycles. The molecule has 0 radical (unpaired) electrons. The lowest BCUT2D eigenvalue weighted by atomic mass is 9.75. The zero-order valence-corrected chi connectivity index (χ0v) is 20.4. The van der Waals surface area contributed by atoms with E-state index in [0.717, 1.165) is 53.3 Å². The summed E-state index contributed by atoms with van der Waals surface area (Å²) in [5, 5.41) is 15.0. The molecule has 1 aliphatic heterocycles. The first-order valence-corrected chi connectivity index (χ1v) is 12.6. The molecular weight excluding hydrogens is 440 g/mol. The maximum atomic E-state index is 10.3. The minimum atomic E-state index is -0.768. The quantitative estimate of drug-likeness (QED) is 0.359. The number of hydrogen-bond acceptors (Lipinski definition) is 5. The van der Waals surface area contributed by atoms with Crippen LogP contribution in [-0.2, 0) is 12.0 Å². The largest absolute Gasteiger partial charge is 0.306 e. The van der Waals surface area contributed by atoms with Gasteiger partial charge in [-0.25, -0.2) is 14.6 Å². The van der Waals surface area contributed by atoms with Gasteiger partial charge in [-0.2, -0.15) is 10.4 Å². The van der Waals surface area contributed by atoms with Crippen molar-refractivity contribution in [1.29, 1.82) is 5.26 Å². The predicted molar refractivity (Wildman–Crippen MR) is 136 cm³/mol. The third kappa shape index (κ3) is 3.95. The van der Waals surface area contributed by atoms with E-state index in [0.29, 0.717) is 5.82 Å². The second-order valence-electron chi connectivity index (χ2n) is 8.67. The number of rotatable bonds is 5. The Labute approximate surface area is 204 Å². The minimum Gasteiger partial charge on any atom is -0.306 e. The number of fused-ring (bicyclic) bond motifs is 1. The van der Waals surface area contributed by atoms with Crippen LogP contribution >= 0.6 is 11.8 Å². The van der Waals surface area contributed by atoms with Crippen molar-refractivity contribution in [2.45, 2.75) is 43.5 Å². The molecule has 1 atom stereocenters. The Morgan fingerprint density at radius 3 is 2.62 bits per heavy atom. The van der Waals surface area contributed by atoms with E-state index in [1.165, 1.54) is 4.90 Å². The number of imidazole rings is 1. The third-order valence-corrected chi connectivity index (χ3v) is 7.14. The summed E-state index contributed by atoms with van der Waals surface area (Å²) in [4.78, 5) is 10.3. The molecule has 4 aromatic rings. The Bertz CT molecular complexity index is 1410. The first-order chi connectivity index (χ1) is 16.5. The summed E-state index contributed by atoms with van der Waals surface area (Å²) >= 11 is 1.70. The van der Waals surface area contributed by atoms with Crippen LogP contribution in [0.1, 0.15) is 46.9 Å². The van der Waals surface area contributed by atoms with Crippen LogP contribution in [0.15, 0.2) is 59.9 Å². The van der Waals surface area contributed by atoms with Crippen molar-refractivity contribution >= 4 is 23.9 Å². The van der Waals surface area contributed by atoms with Crippen LogP contribution in [0, 0.1) is 25.2 Å². The van der Waals surface area contributed by atoms with E-state index in [4.69, 9.17) is 10.1 Å². The minimum absolute atomic E-state index is 0.629. The van der Waals surface area contributed by atoms with Crippen LogP contribution in [0.2, 0.25) is 0 Å². The first kappa shape index (κ1) is 22.2. The topological polar surface area (TPSA) is 72.3 Å². The summed E-state index contributed by atoms with van der Waals surface area (Å²) in [7, 11) is 0. The first-order valence-electron chi connectivity index (χ1n) is 11.3. The molecule has 0 N–H and O–H groups in total. The van der Waals surface area contributed by atoms with Gasteiger partial charge in [-0.1, -0.05) is 24.3 Å². The van der Waals surface area contributed by atoms with Crippen LogP contribution in [0.25, 0.3) is 17.8 Å². The second-order valence-corrected chi connectivity index (χ2v) is 9.55. The molecule has 2 aromatic carbocycles. The van der Waals surface area contributed by atoms with E-state index in [9.17, 15) is 5.26 Å². The number of aryl methyl sites for hydroxylation is 3. The Balaban J connectivity index is 1.44. The molecule has 1 aliphatic rings. The van der Waals surface area contributed by atoms with Gasteiger partial charge in [0, 0.05) is 23.3 Å². The molecule has 0 amide bonds. The summed E-state index contributed by atoms with van der Waals surface area (Å²) in [6, 6.07) is 17.2. The normalized spacial score (nSPS) is 17.6. The number of aromatic nitrogens is 5. The Hall–Kier alpha value is -3.63. The van der Waals surface area contributed by atoms with Gasteiger partial charge in [-0.3, -0.25) is 0 Å². The number of hydrogen-bond donors (Lipinski definition) is 0. The van der Waals surface area contributed by atoms with Crippen molar-refractivity contribution in [3.8, 4) is 11.8 Å². The van der Waals surface area contributed by atoms with Crippen molar-refractivity contribution in [2.24, 2.45) is 0 Å². The molecular formula is C27H26N6S. The SMILES string of the molecule is CSc1ccc([C@]2(C#N)CCCn3nc(/C=C/c4ccc(-n5cnc(C)c5)c(C)c4)nc32)cc1. The predicted octanol–water partition coefficient (Wildman–Crippen LogP) is 5.58. The van der Waals surface area contributed by atoms with Gasteiger partial charge in [0.25, 0.3) is 0 Å². The maximum Gasteiger partial charge on any atom is 0.174 e. The highest BCUT2D eigenvalue weighted by molar-refractivity contribution is 7.98. The smallest absolute Gasteiger partial charge is 0.174 e. The number of benzene rings is 2. The molecule has 0 unspecified atom stereocenters. The van der Waals surface area contributed by atoms with Gasteiger partial charge in [-0.15, -0.1) is 11.8 Å². The van der Waals surface area contributed by atoms with Gasteiger partial charge in [0.1, 0.15) is 5.41 Å². The standard InChI is InChI=1S/C27H26N6S/c1-19-15-21(5-11-24(19)32-16-20(2)29-18-32)6-12-25-30-26-27(17-28,13-4-14-33(26)31-25)22-7-9-23(34-3)10-8-22/h5-12,15-16,18H,4,13-14H2,1-3H3/b12-6+/t27-/m1/s1. The molecule has 0 bridgehead atoms. The molecule has 0 spiro atoms. The maximum absolute atomic E-state index is 10.3. The molecule has 0 saturated carbocycles. The Morgan fingerprint density at radius 1 is 1.12 bits per heavy atom. The highest BCUT2D eigenvalue weighted by Crippen LogP contribution is 2.39. The lowest BCUT2D eigenvalue weighted by Crippen LogP contribution is -2.34. The van der Waals surface area contributed by atoms with Gasteiger partial charge >= 0.3 is 0 Å². The summed E-state index contributed by atoms with van der Waals surface area (Å²) in [5.74, 6) is 1.36. The van der Waals surface area contributed by atoms with E-state index in [1.807, 2.05) is 40.8 Å². The van der Waals surface area contributed by atoms with Crippen molar-refractivity contribution in [1.82, 2.24) is 24.3 Å². The van der Waals surface area contributed by atoms with Crippen molar-refractivity contribution in [3.05, 3.63) is 89.0 Å². The van der Waals surface area contributed by atoms with Crippen molar-refractivity contribution < 1.29 is 0 Å². The van der Waals surface area contributed by atoms with Crippen LogP contribution in [0.5, 0.6) is 0 Å². The second kappa shape index (κ2) is 8.96. The van der Waals surface area contributed by atoms with Crippen molar-refractivity contribution in [2.75, 3.05) is 6.26 Å². The highest BCUT2D eigenvalue weighted by atomic mass is 32.2. The van der Waals surface area contributed by atoms with Gasteiger partial charge in [0.2, 0.25) is 0 Å². The molecule has 170 valence electrons. The molecule has 3 heterocycles. The molecule has 0 fully saturated rings. The van der Waals surface area contributed by atoms with E-state index < -0.39 is 5.41 Å². The number of thioether (sulfide) groups is 1. The van der Waals surface area contributed by atoms with Gasteiger partial charge in [0.05, 0.1) is 18.1 Å². The van der Waals surface area contributed by atoms with E-state index in [1.54, 1.807) is 11.8 Å². The Morgan fingerprint density at radius 2 is 1.94 bits per heavy atom. The molecule has 5 rings (SSSR count). The van der Waals surface area contributed by atoms with Crippen LogP contribution < -0.4 is 0 Å². The Kier molecular flexibility index (Phi) is 5.84. The van der Waals surface area contributed by atoms with Crippen LogP contribution in [0.4, 0.5) is 0 Å². The number of nitrogens with zero attached hydrogens (tertiary/aromatic N) is 6. The lowest BCUT2D eigenvalue weighted by Gasteiger charge is -2.30. The van der Waals surface area contributed by atoms with Crippen molar-refractivity contribution in [3.63, 3.8) is 0 Å². The molecule has 34 heavy (non-hydrogen) atoms. The van der Waals surface area contributed by atoms with E-state index in [2.05, 4.69) is 66.7 Å². The molecule has 0 saturated heterocycles. The lowest BCUT2D eigenvalue weighted by molar-refractivity contribution is 0.393. The number of nitriles is 1. The highest BCUT2D eigenvalue weighted by Gasteiger charge is 2.42. The van der Waals surface area contributed by atoms with Crippen LogP contribution in [-0.4, -0.2) is 30.6 Å². The molecule has 2 aromatic heterocycles. The molecule has 7 heteroatoms. The fourth-order valence-electron chi connectivity index (χ4n) is 4.62. The zero-order valence-electron chi connectivity index (χ0n) is 19.6. The van der Waals surface area contributed by atoms with Crippen LogP contribution in [0.3, 0.4) is 0 Å². The van der Waals surface area contributed by atoms with Gasteiger partial charge < -0.3 is 4.57 Å². The van der Waals surface area contributed by atoms with E-state index in [-0.39, 0.29) is 0 Å². The summed E-state index contributed by atoms with van der Waals surface area (Å²) < 4.78 is 3.95.